The number of halogens is 1. The smallest absolute Gasteiger partial charge is 0.302 e. The van der Waals surface area contributed by atoms with Gasteiger partial charge in [-0.05, 0) is 24.3 Å². The first kappa shape index (κ1) is 34.6. The van der Waals surface area contributed by atoms with Gasteiger partial charge in [-0.2, -0.15) is 0 Å². The van der Waals surface area contributed by atoms with Crippen molar-refractivity contribution >= 4 is 51.1 Å². The molecule has 240 valence electrons. The van der Waals surface area contributed by atoms with E-state index in [2.05, 4.69) is 0 Å². The number of anilines is 1. The summed E-state index contributed by atoms with van der Waals surface area (Å²) in [5, 5.41) is 0.308. The summed E-state index contributed by atoms with van der Waals surface area (Å²) in [6.45, 7) is 3.47. The predicted molar refractivity (Wildman–Crippen MR) is 159 cm³/mol. The third-order valence-corrected chi connectivity index (χ3v) is 7.41. The van der Waals surface area contributed by atoms with Crippen molar-refractivity contribution in [1.82, 2.24) is 4.72 Å². The van der Waals surface area contributed by atoms with Crippen molar-refractivity contribution in [2.45, 2.75) is 39.4 Å². The third-order valence-electron chi connectivity index (χ3n) is 6.58. The second kappa shape index (κ2) is 14.3. The maximum Gasteiger partial charge on any atom is 0.302 e. The second-order valence-corrected chi connectivity index (χ2v) is 12.8. The highest BCUT2D eigenvalue weighted by Crippen LogP contribution is 2.45. The maximum absolute atomic E-state index is 14.3. The third kappa shape index (κ3) is 8.83. The number of para-hydroxylation sites is 1. The molecule has 15 heteroatoms. The van der Waals surface area contributed by atoms with Gasteiger partial charge in [0, 0.05) is 42.2 Å². The second-order valence-electron chi connectivity index (χ2n) is 10.6. The predicted octanol–water partition coefficient (Wildman–Crippen LogP) is 2.78. The molecule has 0 aromatic heterocycles. The lowest BCUT2D eigenvalue weighted by atomic mass is 9.90. The van der Waals surface area contributed by atoms with Crippen LogP contribution in [0.4, 0.5) is 5.69 Å². The van der Waals surface area contributed by atoms with Gasteiger partial charge in [0.05, 0.1) is 32.3 Å². The Morgan fingerprint density at radius 3 is 2.20 bits per heavy atom. The summed E-state index contributed by atoms with van der Waals surface area (Å²) in [7, 11) is -1.06. The van der Waals surface area contributed by atoms with Crippen molar-refractivity contribution in [3.05, 3.63) is 52.5 Å². The van der Waals surface area contributed by atoms with Gasteiger partial charge in [-0.25, -0.2) is 8.42 Å². The number of fused-ring (bicyclic) bond motifs is 1. The standard InChI is InChI=1S/C29H35ClN2O11S/c1-17(33)41-15-29(3,16-42-18(2)34)14-32-22-11-10-19(30)12-21(22)26(20-8-7-9-23(39-4)27(20)40-5)43-24(28(32)36)13-25(35)31-44(6,37)38/h7-12,24,26H,13-16H2,1-6H3,(H,31,35). The van der Waals surface area contributed by atoms with Crippen LogP contribution in [0, 0.1) is 5.41 Å². The van der Waals surface area contributed by atoms with Crippen molar-refractivity contribution < 1.29 is 51.3 Å². The van der Waals surface area contributed by atoms with E-state index in [1.54, 1.807) is 43.3 Å². The number of carbonyl (C=O) groups is 4. The number of amides is 2. The zero-order chi connectivity index (χ0) is 32.8. The van der Waals surface area contributed by atoms with Crippen molar-refractivity contribution in [3.8, 4) is 11.5 Å². The molecule has 13 nitrogen and oxygen atoms in total. The number of hydrogen-bond donors (Lipinski definition) is 1. The molecule has 2 aromatic rings. The largest absolute Gasteiger partial charge is 0.493 e. The van der Waals surface area contributed by atoms with Gasteiger partial charge in [0.2, 0.25) is 15.9 Å². The molecule has 1 N–H and O–H groups in total. The lowest BCUT2D eigenvalue weighted by molar-refractivity contribution is -0.150. The van der Waals surface area contributed by atoms with E-state index in [4.69, 9.17) is 35.3 Å². The fourth-order valence-electron chi connectivity index (χ4n) is 4.71. The number of rotatable bonds is 12. The summed E-state index contributed by atoms with van der Waals surface area (Å²) in [6.07, 6.45) is -2.44. The molecule has 0 bridgehead atoms. The first-order chi connectivity index (χ1) is 20.6. The normalized spacial score (nSPS) is 16.8. The van der Waals surface area contributed by atoms with E-state index >= 15 is 0 Å². The first-order valence-electron chi connectivity index (χ1n) is 13.3. The minimum Gasteiger partial charge on any atom is -0.493 e. The fraction of sp³-hybridized carbons (Fsp3) is 0.448. The topological polar surface area (TPSA) is 164 Å². The average Bonchev–Trinajstić information content (AvgIpc) is 3.04. The summed E-state index contributed by atoms with van der Waals surface area (Å²) in [4.78, 5) is 51.8. The number of benzene rings is 2. The molecular weight excluding hydrogens is 620 g/mol. The minimum atomic E-state index is -3.95. The molecule has 0 saturated carbocycles. The van der Waals surface area contributed by atoms with Gasteiger partial charge < -0.3 is 28.6 Å². The maximum atomic E-state index is 14.3. The fourth-order valence-corrected chi connectivity index (χ4v) is 5.39. The van der Waals surface area contributed by atoms with Gasteiger partial charge in [0.15, 0.2) is 11.5 Å². The summed E-state index contributed by atoms with van der Waals surface area (Å²) in [6, 6.07) is 9.80. The molecule has 2 amide bonds. The highest BCUT2D eigenvalue weighted by Gasteiger charge is 2.42. The zero-order valence-electron chi connectivity index (χ0n) is 25.2. The number of ether oxygens (including phenoxy) is 5. The minimum absolute atomic E-state index is 0.170. The summed E-state index contributed by atoms with van der Waals surface area (Å²) in [5.41, 5.74) is 0.0424. The number of esters is 2. The lowest BCUT2D eigenvalue weighted by Crippen LogP contribution is -2.49. The lowest BCUT2D eigenvalue weighted by Gasteiger charge is -2.35. The van der Waals surface area contributed by atoms with Crippen LogP contribution in [-0.2, 0) is 43.4 Å². The number of carbonyl (C=O) groups excluding carboxylic acids is 4. The molecule has 1 aliphatic rings. The van der Waals surface area contributed by atoms with Crippen LogP contribution in [0.3, 0.4) is 0 Å². The monoisotopic (exact) mass is 654 g/mol. The van der Waals surface area contributed by atoms with Crippen LogP contribution in [-0.4, -0.2) is 78.5 Å². The molecule has 2 atom stereocenters. The van der Waals surface area contributed by atoms with Gasteiger partial charge in [0.25, 0.3) is 5.91 Å². The molecule has 1 aliphatic heterocycles. The molecule has 0 fully saturated rings. The quantitative estimate of drug-likeness (QED) is 0.335. The Balaban J connectivity index is 2.24. The van der Waals surface area contributed by atoms with Crippen LogP contribution in [0.5, 0.6) is 11.5 Å². The first-order valence-corrected chi connectivity index (χ1v) is 15.6. The van der Waals surface area contributed by atoms with Crippen LogP contribution in [0.15, 0.2) is 36.4 Å². The molecule has 1 heterocycles. The van der Waals surface area contributed by atoms with E-state index in [1.165, 1.54) is 33.0 Å². The molecule has 2 aromatic carbocycles. The highest BCUT2D eigenvalue weighted by molar-refractivity contribution is 7.89. The van der Waals surface area contributed by atoms with Gasteiger partial charge in [0.1, 0.15) is 25.4 Å². The number of hydrogen-bond acceptors (Lipinski definition) is 11. The molecule has 0 aliphatic carbocycles. The van der Waals surface area contributed by atoms with E-state index in [0.29, 0.717) is 33.3 Å². The Labute approximate surface area is 260 Å². The Morgan fingerprint density at radius 2 is 1.66 bits per heavy atom. The molecule has 2 unspecified atom stereocenters. The molecular formula is C29H35ClN2O11S. The number of nitrogens with zero attached hydrogens (tertiary/aromatic N) is 1. The van der Waals surface area contributed by atoms with Crippen molar-refractivity contribution in [1.29, 1.82) is 0 Å². The zero-order valence-corrected chi connectivity index (χ0v) is 26.7. The molecule has 3 rings (SSSR count). The van der Waals surface area contributed by atoms with E-state index in [-0.39, 0.29) is 19.8 Å². The summed E-state index contributed by atoms with van der Waals surface area (Å²) in [5.74, 6) is -2.20. The molecule has 44 heavy (non-hydrogen) atoms. The van der Waals surface area contributed by atoms with Gasteiger partial charge in [-0.3, -0.25) is 23.9 Å². The van der Waals surface area contributed by atoms with E-state index in [0.717, 1.165) is 6.26 Å². The van der Waals surface area contributed by atoms with Crippen LogP contribution in [0.2, 0.25) is 5.02 Å². The highest BCUT2D eigenvalue weighted by atomic mass is 35.5. The number of nitrogens with one attached hydrogen (secondary N) is 1. The number of sulfonamides is 1. The van der Waals surface area contributed by atoms with Crippen LogP contribution < -0.4 is 19.1 Å². The summed E-state index contributed by atoms with van der Waals surface area (Å²) < 4.78 is 53.4. The van der Waals surface area contributed by atoms with Crippen molar-refractivity contribution in [3.63, 3.8) is 0 Å². The van der Waals surface area contributed by atoms with E-state index in [1.807, 2.05) is 4.72 Å². The molecule has 0 saturated heterocycles. The van der Waals surface area contributed by atoms with Crippen LogP contribution in [0.25, 0.3) is 0 Å². The SMILES string of the molecule is COc1cccc(C2OC(CC(=O)NS(C)(=O)=O)C(=O)N(CC(C)(COC(C)=O)COC(C)=O)c3ccc(Cl)cc32)c1OC. The van der Waals surface area contributed by atoms with Crippen LogP contribution >= 0.6 is 11.6 Å². The number of methoxy groups -OCH3 is 2. The van der Waals surface area contributed by atoms with Gasteiger partial charge >= 0.3 is 11.9 Å². The van der Waals surface area contributed by atoms with Crippen molar-refractivity contribution in [2.24, 2.45) is 5.41 Å². The molecule has 0 radical (unpaired) electrons. The summed E-state index contributed by atoms with van der Waals surface area (Å²) >= 11 is 6.43. The van der Waals surface area contributed by atoms with Crippen molar-refractivity contribution in [2.75, 3.05) is 45.1 Å². The Bertz CT molecular complexity index is 1510. The van der Waals surface area contributed by atoms with E-state index in [9.17, 15) is 27.6 Å². The Hall–Kier alpha value is -3.88. The van der Waals surface area contributed by atoms with Gasteiger partial charge in [-0.15, -0.1) is 0 Å². The van der Waals surface area contributed by atoms with E-state index < -0.39 is 57.8 Å². The average molecular weight is 655 g/mol. The Morgan fingerprint density at radius 1 is 1.02 bits per heavy atom. The van der Waals surface area contributed by atoms with Crippen LogP contribution in [0.1, 0.15) is 44.4 Å². The molecule has 0 spiro atoms. The Kier molecular flexibility index (Phi) is 11.2. The van der Waals surface area contributed by atoms with Gasteiger partial charge in [-0.1, -0.05) is 30.7 Å².